The maximum atomic E-state index is 2.24. The van der Waals surface area contributed by atoms with Gasteiger partial charge in [0.05, 0.1) is 0 Å². The summed E-state index contributed by atoms with van der Waals surface area (Å²) >= 11 is 0.114. The number of hydrogen-bond acceptors (Lipinski definition) is 0. The molecule has 2 bridgehead atoms. The van der Waals surface area contributed by atoms with Gasteiger partial charge in [-0.05, 0) is 0 Å². The third-order valence-electron chi connectivity index (χ3n) is 1.43. The largest absolute Gasteiger partial charge is 0.450 e. The van der Waals surface area contributed by atoms with Crippen LogP contribution in [0.3, 0.4) is 0 Å². The summed E-state index contributed by atoms with van der Waals surface area (Å²) in [5, 5.41) is 0. The molecule has 0 aromatic heterocycles. The first kappa shape index (κ1) is 3.93. The molecule has 0 radical (unpaired) electrons. The molecule has 0 saturated carbocycles. The molecule has 2 aliphatic heterocycles. The Morgan fingerprint density at radius 1 is 1.00 bits per heavy atom. The Morgan fingerprint density at radius 3 is 1.71 bits per heavy atom. The average molecular weight is 100 g/mol. The second-order valence-corrected chi connectivity index (χ2v) is 3.98. The first-order valence-corrected chi connectivity index (χ1v) is 3.94. The third kappa shape index (κ3) is 0.486. The van der Waals surface area contributed by atoms with Crippen LogP contribution in [0.1, 0.15) is 0 Å². The smallest absolute Gasteiger partial charge is 0.165 e. The van der Waals surface area contributed by atoms with Crippen molar-refractivity contribution in [2.75, 3.05) is 0 Å². The van der Waals surface area contributed by atoms with Crippen molar-refractivity contribution in [1.82, 2.24) is 0 Å². The number of allylic oxidation sites excluding steroid dienone is 6. The fraction of sp³-hybridized carbons (Fsp3) is 0. The van der Waals surface area contributed by atoms with Crippen LogP contribution in [0.4, 0.5) is 0 Å². The van der Waals surface area contributed by atoms with E-state index in [4.69, 9.17) is 0 Å². The Labute approximate surface area is 52.3 Å². The Balaban J connectivity index is 2.65. The summed E-state index contributed by atoms with van der Waals surface area (Å²) in [6.07, 6.45) is 8.95. The molecule has 30 valence electrons. The predicted octanol–water partition coefficient (Wildman–Crippen LogP) is 1.04. The topological polar surface area (TPSA) is 0 Å². The molecule has 0 aromatic carbocycles. The summed E-state index contributed by atoms with van der Waals surface area (Å²) in [7, 11) is 0. The van der Waals surface area contributed by atoms with Crippen LogP contribution in [0.2, 0.25) is 0 Å². The molecule has 2 rings (SSSR count). The fourth-order valence-electron chi connectivity index (χ4n) is 1.01. The van der Waals surface area contributed by atoms with Gasteiger partial charge in [-0.1, -0.05) is 24.3 Å². The quantitative estimate of drug-likeness (QED) is 0.399. The number of rotatable bonds is 0. The summed E-state index contributed by atoms with van der Waals surface area (Å²) < 4.78 is 3.21. The van der Waals surface area contributed by atoms with E-state index < -0.39 is 0 Å². The minimum atomic E-state index is 0.114. The molecule has 2 aliphatic rings. The van der Waals surface area contributed by atoms with Crippen molar-refractivity contribution in [2.24, 2.45) is 0 Å². The highest BCUT2D eigenvalue weighted by atomic mass is 24.5. The molecule has 7 heavy (non-hydrogen) atoms. The summed E-state index contributed by atoms with van der Waals surface area (Å²) in [4.78, 5) is 0. The highest BCUT2D eigenvalue weighted by molar-refractivity contribution is 6.59. The first-order chi connectivity index (χ1) is 3.45. The lowest BCUT2D eigenvalue weighted by molar-refractivity contribution is 1.81. The molecular formula is C6H4Mg. The van der Waals surface area contributed by atoms with E-state index in [1.165, 1.54) is 0 Å². The Morgan fingerprint density at radius 2 is 1.57 bits per heavy atom. The van der Waals surface area contributed by atoms with Crippen LogP contribution in [-0.4, -0.2) is 20.4 Å². The minimum Gasteiger partial charge on any atom is -0.165 e. The predicted molar refractivity (Wildman–Crippen MR) is 31.1 cm³/mol. The van der Waals surface area contributed by atoms with Crippen molar-refractivity contribution in [3.05, 3.63) is 31.7 Å². The molecule has 0 aliphatic carbocycles. The molecule has 2 heterocycles. The second kappa shape index (κ2) is 1.23. The van der Waals surface area contributed by atoms with Gasteiger partial charge in [0, 0.05) is 0 Å². The van der Waals surface area contributed by atoms with Crippen molar-refractivity contribution in [3.63, 3.8) is 0 Å². The zero-order valence-electron chi connectivity index (χ0n) is 4.02. The van der Waals surface area contributed by atoms with Gasteiger partial charge >= 0.3 is 20.4 Å². The van der Waals surface area contributed by atoms with Crippen molar-refractivity contribution >= 4 is 20.4 Å². The molecular weight excluding hydrogens is 96.4 g/mol. The van der Waals surface area contributed by atoms with Gasteiger partial charge in [0.1, 0.15) is 0 Å². The van der Waals surface area contributed by atoms with Gasteiger partial charge < -0.3 is 0 Å². The Hall–Kier alpha value is -0.0138. The fourth-order valence-corrected chi connectivity index (χ4v) is 2.42. The van der Waals surface area contributed by atoms with Gasteiger partial charge in [0.15, 0.2) is 0 Å². The van der Waals surface area contributed by atoms with Crippen LogP contribution in [0.5, 0.6) is 0 Å². The van der Waals surface area contributed by atoms with E-state index in [1.807, 2.05) is 0 Å². The van der Waals surface area contributed by atoms with Crippen LogP contribution in [0.15, 0.2) is 31.7 Å². The van der Waals surface area contributed by atoms with Gasteiger partial charge in [-0.2, -0.15) is 7.40 Å². The zero-order valence-corrected chi connectivity index (χ0v) is 5.43. The Kier molecular flexibility index (Phi) is 0.691. The summed E-state index contributed by atoms with van der Waals surface area (Å²) in [6, 6.07) is 0. The maximum Gasteiger partial charge on any atom is 0.450 e. The van der Waals surface area contributed by atoms with Crippen molar-refractivity contribution in [1.29, 1.82) is 0 Å². The van der Waals surface area contributed by atoms with E-state index in [1.54, 1.807) is 7.40 Å². The SMILES string of the molecule is C1=C[C]2=CC=[C]1[Mg]2. The van der Waals surface area contributed by atoms with Crippen molar-refractivity contribution < 1.29 is 0 Å². The maximum absolute atomic E-state index is 2.24. The lowest BCUT2D eigenvalue weighted by Crippen LogP contribution is -1.80. The summed E-state index contributed by atoms with van der Waals surface area (Å²) in [6.45, 7) is 0. The van der Waals surface area contributed by atoms with Crippen LogP contribution >= 0.6 is 0 Å². The van der Waals surface area contributed by atoms with E-state index in [2.05, 4.69) is 24.3 Å². The molecule has 0 amide bonds. The van der Waals surface area contributed by atoms with E-state index >= 15 is 0 Å². The molecule has 0 atom stereocenters. The lowest BCUT2D eigenvalue weighted by Gasteiger charge is -1.82. The molecule has 0 fully saturated rings. The van der Waals surface area contributed by atoms with Gasteiger partial charge in [-0.3, -0.25) is 0 Å². The highest BCUT2D eigenvalue weighted by Gasteiger charge is 2.12. The monoisotopic (exact) mass is 100 g/mol. The van der Waals surface area contributed by atoms with E-state index in [0.29, 0.717) is 0 Å². The van der Waals surface area contributed by atoms with Crippen molar-refractivity contribution in [2.45, 2.75) is 0 Å². The van der Waals surface area contributed by atoms with E-state index in [-0.39, 0.29) is 20.4 Å². The Bertz CT molecular complexity index is 164. The molecule has 0 unspecified atom stereocenters. The molecule has 0 N–H and O–H groups in total. The summed E-state index contributed by atoms with van der Waals surface area (Å²) in [5.74, 6) is 0. The standard InChI is InChI=1S/C6H4.Mg/c1-2-4-6-5-3-1;/h1-2,5-6H;. The van der Waals surface area contributed by atoms with E-state index in [9.17, 15) is 0 Å². The highest BCUT2D eigenvalue weighted by Crippen LogP contribution is 2.18. The molecule has 0 saturated heterocycles. The zero-order chi connectivity index (χ0) is 4.69. The van der Waals surface area contributed by atoms with Gasteiger partial charge in [-0.15, -0.1) is 0 Å². The summed E-state index contributed by atoms with van der Waals surface area (Å²) in [5.41, 5.74) is 0. The normalized spacial score (nSPS) is 20.6. The number of hydrogen-bond donors (Lipinski definition) is 0. The number of fused-ring (bicyclic) bond motifs is 2. The van der Waals surface area contributed by atoms with Gasteiger partial charge in [0.2, 0.25) is 0 Å². The van der Waals surface area contributed by atoms with Crippen LogP contribution in [0.25, 0.3) is 0 Å². The molecule has 0 nitrogen and oxygen atoms in total. The van der Waals surface area contributed by atoms with E-state index in [0.717, 1.165) is 0 Å². The molecule has 0 spiro atoms. The van der Waals surface area contributed by atoms with Crippen LogP contribution < -0.4 is 0 Å². The minimum absolute atomic E-state index is 0.114. The van der Waals surface area contributed by atoms with Crippen LogP contribution in [-0.2, 0) is 0 Å². The molecule has 0 aromatic rings. The average Bonchev–Trinajstić information content (AvgIpc) is 2.22. The van der Waals surface area contributed by atoms with Crippen molar-refractivity contribution in [3.8, 4) is 0 Å². The molecule has 1 heteroatoms. The lowest BCUT2D eigenvalue weighted by atomic mass is 10.3. The third-order valence-corrected chi connectivity index (χ3v) is 3.19. The first-order valence-electron chi connectivity index (χ1n) is 2.53. The van der Waals surface area contributed by atoms with Gasteiger partial charge in [-0.25, -0.2) is 0 Å². The van der Waals surface area contributed by atoms with Crippen LogP contribution in [0, 0.1) is 0 Å². The second-order valence-electron chi connectivity index (χ2n) is 1.99. The van der Waals surface area contributed by atoms with Gasteiger partial charge in [0.25, 0.3) is 0 Å².